The summed E-state index contributed by atoms with van der Waals surface area (Å²) < 4.78 is 0. The maximum atomic E-state index is 10.7. The minimum atomic E-state index is 0.208. The largest absolute Gasteiger partial charge is 0.320 e. The molecule has 2 rings (SSSR count). The van der Waals surface area contributed by atoms with Gasteiger partial charge in [0.15, 0.2) is 0 Å². The van der Waals surface area contributed by atoms with Gasteiger partial charge in [-0.2, -0.15) is 0 Å². The van der Waals surface area contributed by atoms with Crippen molar-refractivity contribution in [3.8, 4) is 0 Å². The molecule has 1 aliphatic heterocycles. The molecule has 1 aromatic rings. The van der Waals surface area contributed by atoms with Crippen molar-refractivity contribution in [3.63, 3.8) is 0 Å². The van der Waals surface area contributed by atoms with E-state index in [0.29, 0.717) is 6.42 Å². The van der Waals surface area contributed by atoms with Crippen LogP contribution in [0.3, 0.4) is 0 Å². The van der Waals surface area contributed by atoms with Crippen molar-refractivity contribution in [2.45, 2.75) is 12.8 Å². The number of benzene rings is 1. The second kappa shape index (κ2) is 7.28. The average molecular weight is 241 g/mol. The third kappa shape index (κ3) is 3.74. The zero-order valence-electron chi connectivity index (χ0n) is 10.6. The van der Waals surface area contributed by atoms with Crippen LogP contribution in [0.1, 0.15) is 24.0 Å². The van der Waals surface area contributed by atoms with Gasteiger partial charge in [0, 0.05) is 13.0 Å². The molecule has 94 valence electrons. The Labute approximate surface area is 109 Å². The van der Waals surface area contributed by atoms with Gasteiger partial charge in [-0.3, -0.25) is 4.79 Å². The van der Waals surface area contributed by atoms with Crippen LogP contribution in [-0.4, -0.2) is 17.4 Å². The molecule has 0 aliphatic carbocycles. The molecule has 1 fully saturated rings. The Morgan fingerprint density at radius 1 is 1.06 bits per heavy atom. The van der Waals surface area contributed by atoms with Crippen LogP contribution >= 0.6 is 0 Å². The van der Waals surface area contributed by atoms with Crippen LogP contribution in [0.4, 0.5) is 0 Å². The SMILES string of the molecule is C=CN1CCCC1=O.C=Cc1ccccc1C=C. The number of carbonyl (C=O) groups is 1. The van der Waals surface area contributed by atoms with Gasteiger partial charge < -0.3 is 4.90 Å². The summed E-state index contributed by atoms with van der Waals surface area (Å²) in [5, 5.41) is 0. The number of hydrogen-bond acceptors (Lipinski definition) is 1. The first kappa shape index (κ1) is 14.0. The fraction of sp³-hybridized carbons (Fsp3) is 0.188. The number of carbonyl (C=O) groups excluding carboxylic acids is 1. The summed E-state index contributed by atoms with van der Waals surface area (Å²) >= 11 is 0. The second-order valence-electron chi connectivity index (χ2n) is 3.91. The summed E-state index contributed by atoms with van der Waals surface area (Å²) in [5.41, 5.74) is 2.27. The van der Waals surface area contributed by atoms with Crippen LogP contribution in [-0.2, 0) is 4.79 Å². The molecule has 1 amide bonds. The highest BCUT2D eigenvalue weighted by Gasteiger charge is 2.15. The van der Waals surface area contributed by atoms with Crippen LogP contribution in [0.25, 0.3) is 12.2 Å². The van der Waals surface area contributed by atoms with Gasteiger partial charge in [0.1, 0.15) is 0 Å². The summed E-state index contributed by atoms with van der Waals surface area (Å²) in [7, 11) is 0. The first-order valence-electron chi connectivity index (χ1n) is 5.99. The van der Waals surface area contributed by atoms with Crippen molar-refractivity contribution in [2.75, 3.05) is 6.54 Å². The van der Waals surface area contributed by atoms with E-state index in [1.54, 1.807) is 11.1 Å². The zero-order valence-corrected chi connectivity index (χ0v) is 10.6. The number of nitrogens with zero attached hydrogens (tertiary/aromatic N) is 1. The quantitative estimate of drug-likeness (QED) is 0.789. The highest BCUT2D eigenvalue weighted by atomic mass is 16.2. The van der Waals surface area contributed by atoms with Crippen LogP contribution in [0.5, 0.6) is 0 Å². The lowest BCUT2D eigenvalue weighted by Crippen LogP contribution is -2.16. The molecular weight excluding hydrogens is 222 g/mol. The van der Waals surface area contributed by atoms with Gasteiger partial charge in [-0.15, -0.1) is 0 Å². The van der Waals surface area contributed by atoms with Gasteiger partial charge in [0.05, 0.1) is 0 Å². The van der Waals surface area contributed by atoms with Crippen molar-refractivity contribution in [3.05, 3.63) is 61.3 Å². The summed E-state index contributed by atoms with van der Waals surface area (Å²) in [5.74, 6) is 0.208. The van der Waals surface area contributed by atoms with Crippen LogP contribution in [0.2, 0.25) is 0 Å². The lowest BCUT2D eigenvalue weighted by Gasteiger charge is -2.05. The van der Waals surface area contributed by atoms with Crippen molar-refractivity contribution in [1.82, 2.24) is 4.90 Å². The van der Waals surface area contributed by atoms with E-state index < -0.39 is 0 Å². The van der Waals surface area contributed by atoms with Crippen molar-refractivity contribution in [1.29, 1.82) is 0 Å². The predicted octanol–water partition coefficient (Wildman–Crippen LogP) is 3.72. The lowest BCUT2D eigenvalue weighted by atomic mass is 10.1. The first-order valence-corrected chi connectivity index (χ1v) is 5.99. The number of hydrogen-bond donors (Lipinski definition) is 0. The van der Waals surface area contributed by atoms with E-state index >= 15 is 0 Å². The highest BCUT2D eigenvalue weighted by Crippen LogP contribution is 2.10. The fourth-order valence-corrected chi connectivity index (χ4v) is 1.74. The van der Waals surface area contributed by atoms with E-state index in [1.165, 1.54) is 0 Å². The van der Waals surface area contributed by atoms with Crippen molar-refractivity contribution >= 4 is 18.1 Å². The van der Waals surface area contributed by atoms with Gasteiger partial charge in [-0.05, 0) is 23.7 Å². The Morgan fingerprint density at radius 3 is 1.89 bits per heavy atom. The van der Waals surface area contributed by atoms with E-state index in [1.807, 2.05) is 36.4 Å². The first-order chi connectivity index (χ1) is 8.72. The molecule has 0 radical (unpaired) electrons. The van der Waals surface area contributed by atoms with Crippen molar-refractivity contribution in [2.24, 2.45) is 0 Å². The lowest BCUT2D eigenvalue weighted by molar-refractivity contribution is -0.125. The highest BCUT2D eigenvalue weighted by molar-refractivity contribution is 5.78. The third-order valence-electron chi connectivity index (χ3n) is 2.77. The topological polar surface area (TPSA) is 20.3 Å². The van der Waals surface area contributed by atoms with E-state index in [-0.39, 0.29) is 5.91 Å². The normalized spacial score (nSPS) is 13.6. The molecule has 2 heteroatoms. The molecule has 1 heterocycles. The summed E-state index contributed by atoms with van der Waals surface area (Å²) in [4.78, 5) is 12.3. The molecule has 0 unspecified atom stereocenters. The smallest absolute Gasteiger partial charge is 0.226 e. The van der Waals surface area contributed by atoms with Gasteiger partial charge in [-0.1, -0.05) is 56.2 Å². The molecule has 1 aromatic carbocycles. The number of amides is 1. The Balaban J connectivity index is 0.000000184. The fourth-order valence-electron chi connectivity index (χ4n) is 1.74. The summed E-state index contributed by atoms with van der Waals surface area (Å²) in [6.07, 6.45) is 6.94. The minimum absolute atomic E-state index is 0.208. The standard InChI is InChI=1S/C10H10.C6H9NO/c1-3-9-7-5-6-8-10(9)4-2;1-2-7-5-3-4-6(7)8/h3-8H,1-2H2;2H,1,3-5H2. The van der Waals surface area contributed by atoms with E-state index in [2.05, 4.69) is 19.7 Å². The van der Waals surface area contributed by atoms with Gasteiger partial charge >= 0.3 is 0 Å². The number of likely N-dealkylation sites (tertiary alicyclic amines) is 1. The van der Waals surface area contributed by atoms with Gasteiger partial charge in [-0.25, -0.2) is 0 Å². The molecule has 0 saturated carbocycles. The van der Waals surface area contributed by atoms with Crippen LogP contribution in [0.15, 0.2) is 50.2 Å². The molecule has 0 aromatic heterocycles. The predicted molar refractivity (Wildman–Crippen MR) is 77.8 cm³/mol. The Hall–Kier alpha value is -2.09. The minimum Gasteiger partial charge on any atom is -0.320 e. The second-order valence-corrected chi connectivity index (χ2v) is 3.91. The van der Waals surface area contributed by atoms with Gasteiger partial charge in [0.2, 0.25) is 5.91 Å². The maximum Gasteiger partial charge on any atom is 0.226 e. The Kier molecular flexibility index (Phi) is 5.65. The molecule has 1 aliphatic rings. The average Bonchev–Trinajstić information content (AvgIpc) is 2.84. The molecule has 0 spiro atoms. The third-order valence-corrected chi connectivity index (χ3v) is 2.77. The summed E-state index contributed by atoms with van der Waals surface area (Å²) in [6.45, 7) is 11.7. The van der Waals surface area contributed by atoms with Crippen LogP contribution in [0, 0.1) is 0 Å². The molecule has 2 nitrogen and oxygen atoms in total. The molecule has 0 atom stereocenters. The zero-order chi connectivity index (χ0) is 13.4. The van der Waals surface area contributed by atoms with Crippen molar-refractivity contribution < 1.29 is 4.79 Å². The van der Waals surface area contributed by atoms with E-state index in [0.717, 1.165) is 24.1 Å². The molecule has 18 heavy (non-hydrogen) atoms. The van der Waals surface area contributed by atoms with E-state index in [9.17, 15) is 4.79 Å². The molecule has 0 N–H and O–H groups in total. The summed E-state index contributed by atoms with van der Waals surface area (Å²) in [6, 6.07) is 8.02. The Morgan fingerprint density at radius 2 is 1.61 bits per heavy atom. The molecule has 1 saturated heterocycles. The number of rotatable bonds is 3. The van der Waals surface area contributed by atoms with Crippen LogP contribution < -0.4 is 0 Å². The van der Waals surface area contributed by atoms with E-state index in [4.69, 9.17) is 0 Å². The maximum absolute atomic E-state index is 10.7. The molecule has 0 bridgehead atoms. The van der Waals surface area contributed by atoms with Gasteiger partial charge in [0.25, 0.3) is 0 Å². The monoisotopic (exact) mass is 241 g/mol. The Bertz CT molecular complexity index is 421. The molecular formula is C16H19NO.